The number of hydrogen-bond donors (Lipinski definition) is 2. The van der Waals surface area contributed by atoms with Crippen LogP contribution < -0.4 is 10.9 Å². The van der Waals surface area contributed by atoms with Gasteiger partial charge in [-0.15, -0.1) is 0 Å². The Morgan fingerprint density at radius 3 is 2.75 bits per heavy atom. The maximum atomic E-state index is 12.2. The van der Waals surface area contributed by atoms with Gasteiger partial charge in [0.15, 0.2) is 0 Å². The second kappa shape index (κ2) is 5.73. The van der Waals surface area contributed by atoms with Crippen molar-refractivity contribution in [1.29, 1.82) is 0 Å². The van der Waals surface area contributed by atoms with Crippen LogP contribution in [0.2, 0.25) is 0 Å². The fourth-order valence-electron chi connectivity index (χ4n) is 2.10. The maximum Gasteiger partial charge on any atom is 0.259 e. The zero-order valence-electron chi connectivity index (χ0n) is 11.9. The Bertz CT molecular complexity index is 665. The standard InChI is InChI=1S/C14H18N4O2/c1-4-7-18-8-11(5-6-12(18)19)15-14(20)13-9(2)16-17-10(13)3/h5-6,8H,4,7H2,1-3H3,(H,15,20)(H,16,17). The minimum absolute atomic E-state index is 0.0690. The first-order valence-electron chi connectivity index (χ1n) is 6.56. The molecule has 0 atom stereocenters. The molecule has 2 N–H and O–H groups in total. The Morgan fingerprint density at radius 2 is 2.15 bits per heavy atom. The topological polar surface area (TPSA) is 79.8 Å². The first-order valence-corrected chi connectivity index (χ1v) is 6.56. The number of carbonyl (C=O) groups is 1. The summed E-state index contributed by atoms with van der Waals surface area (Å²) in [7, 11) is 0. The molecule has 0 radical (unpaired) electrons. The van der Waals surface area contributed by atoms with Crippen molar-refractivity contribution in [2.75, 3.05) is 5.32 Å². The first-order chi connectivity index (χ1) is 9.52. The highest BCUT2D eigenvalue weighted by Gasteiger charge is 2.15. The van der Waals surface area contributed by atoms with Crippen molar-refractivity contribution in [3.8, 4) is 0 Å². The highest BCUT2D eigenvalue weighted by atomic mass is 16.2. The molecule has 0 bridgehead atoms. The van der Waals surface area contributed by atoms with Gasteiger partial charge in [0.2, 0.25) is 0 Å². The predicted molar refractivity (Wildman–Crippen MR) is 77.0 cm³/mol. The maximum absolute atomic E-state index is 12.2. The lowest BCUT2D eigenvalue weighted by atomic mass is 10.2. The van der Waals surface area contributed by atoms with Crippen LogP contribution in [0, 0.1) is 13.8 Å². The molecule has 0 aromatic carbocycles. The summed E-state index contributed by atoms with van der Waals surface area (Å²) in [6.45, 7) is 6.20. The van der Waals surface area contributed by atoms with E-state index in [-0.39, 0.29) is 11.5 Å². The average Bonchev–Trinajstić information content (AvgIpc) is 2.73. The molecule has 0 aliphatic rings. The van der Waals surface area contributed by atoms with E-state index in [0.29, 0.717) is 23.5 Å². The number of aromatic nitrogens is 3. The van der Waals surface area contributed by atoms with Crippen molar-refractivity contribution < 1.29 is 4.79 Å². The molecule has 2 aromatic rings. The van der Waals surface area contributed by atoms with Gasteiger partial charge < -0.3 is 9.88 Å². The minimum atomic E-state index is -0.226. The predicted octanol–water partition coefficient (Wildman–Crippen LogP) is 1.85. The number of H-pyrrole nitrogens is 1. The van der Waals surface area contributed by atoms with Gasteiger partial charge in [-0.2, -0.15) is 5.10 Å². The molecule has 1 amide bonds. The summed E-state index contributed by atoms with van der Waals surface area (Å²) in [5.41, 5.74) is 2.45. The number of carbonyl (C=O) groups excluding carboxylic acids is 1. The third-order valence-electron chi connectivity index (χ3n) is 3.06. The van der Waals surface area contributed by atoms with Crippen molar-refractivity contribution in [2.24, 2.45) is 0 Å². The Kier molecular flexibility index (Phi) is 4.02. The molecule has 6 heteroatoms. The molecule has 2 aromatic heterocycles. The number of pyridine rings is 1. The van der Waals surface area contributed by atoms with Crippen LogP contribution >= 0.6 is 0 Å². The van der Waals surface area contributed by atoms with Gasteiger partial charge in [-0.3, -0.25) is 14.7 Å². The Balaban J connectivity index is 2.24. The lowest BCUT2D eigenvalue weighted by Gasteiger charge is -2.08. The molecule has 20 heavy (non-hydrogen) atoms. The fraction of sp³-hybridized carbons (Fsp3) is 0.357. The van der Waals surface area contributed by atoms with E-state index < -0.39 is 0 Å². The molecule has 2 heterocycles. The van der Waals surface area contributed by atoms with Gasteiger partial charge in [-0.25, -0.2) is 0 Å². The summed E-state index contributed by atoms with van der Waals surface area (Å²) >= 11 is 0. The average molecular weight is 274 g/mol. The number of aromatic amines is 1. The molecule has 0 aliphatic carbocycles. The van der Waals surface area contributed by atoms with E-state index in [9.17, 15) is 9.59 Å². The number of nitrogens with zero attached hydrogens (tertiary/aromatic N) is 2. The SMILES string of the molecule is CCCn1cc(NC(=O)c2c(C)n[nH]c2C)ccc1=O. The summed E-state index contributed by atoms with van der Waals surface area (Å²) in [6, 6.07) is 3.07. The van der Waals surface area contributed by atoms with Gasteiger partial charge in [-0.1, -0.05) is 6.92 Å². The third-order valence-corrected chi connectivity index (χ3v) is 3.06. The van der Waals surface area contributed by atoms with E-state index >= 15 is 0 Å². The number of rotatable bonds is 4. The van der Waals surface area contributed by atoms with E-state index in [4.69, 9.17) is 0 Å². The molecular weight excluding hydrogens is 256 g/mol. The van der Waals surface area contributed by atoms with Crippen LogP contribution in [0.4, 0.5) is 5.69 Å². The molecule has 0 unspecified atom stereocenters. The summed E-state index contributed by atoms with van der Waals surface area (Å²) in [6.07, 6.45) is 2.52. The Labute approximate surface area is 116 Å². The molecule has 0 spiro atoms. The van der Waals surface area contributed by atoms with Gasteiger partial charge in [0.1, 0.15) is 0 Å². The van der Waals surface area contributed by atoms with Gasteiger partial charge in [0, 0.05) is 24.5 Å². The molecule has 0 aliphatic heterocycles. The molecule has 106 valence electrons. The largest absolute Gasteiger partial charge is 0.321 e. The zero-order valence-corrected chi connectivity index (χ0v) is 11.9. The van der Waals surface area contributed by atoms with E-state index in [2.05, 4.69) is 15.5 Å². The smallest absolute Gasteiger partial charge is 0.259 e. The van der Waals surface area contributed by atoms with Crippen molar-refractivity contribution in [3.63, 3.8) is 0 Å². The molecular formula is C14H18N4O2. The van der Waals surface area contributed by atoms with Crippen LogP contribution in [0.5, 0.6) is 0 Å². The monoisotopic (exact) mass is 274 g/mol. The fourth-order valence-corrected chi connectivity index (χ4v) is 2.10. The van der Waals surface area contributed by atoms with Gasteiger partial charge in [0.05, 0.1) is 16.9 Å². The number of anilines is 1. The second-order valence-electron chi connectivity index (χ2n) is 4.71. The highest BCUT2D eigenvalue weighted by Crippen LogP contribution is 2.12. The van der Waals surface area contributed by atoms with Crippen molar-refractivity contribution in [3.05, 3.63) is 45.6 Å². The van der Waals surface area contributed by atoms with Crippen LogP contribution in [-0.4, -0.2) is 20.7 Å². The van der Waals surface area contributed by atoms with E-state index in [1.165, 1.54) is 6.07 Å². The number of hydrogen-bond acceptors (Lipinski definition) is 3. The normalized spacial score (nSPS) is 10.6. The van der Waals surface area contributed by atoms with Gasteiger partial charge in [-0.05, 0) is 26.3 Å². The molecule has 0 saturated heterocycles. The molecule has 0 saturated carbocycles. The Hall–Kier alpha value is -2.37. The minimum Gasteiger partial charge on any atom is -0.321 e. The van der Waals surface area contributed by atoms with Crippen LogP contribution in [0.3, 0.4) is 0 Å². The quantitative estimate of drug-likeness (QED) is 0.893. The molecule has 6 nitrogen and oxygen atoms in total. The summed E-state index contributed by atoms with van der Waals surface area (Å²) < 4.78 is 1.59. The van der Waals surface area contributed by atoms with Crippen molar-refractivity contribution in [2.45, 2.75) is 33.7 Å². The van der Waals surface area contributed by atoms with E-state index in [1.54, 1.807) is 30.7 Å². The summed E-state index contributed by atoms with van der Waals surface area (Å²) in [5.74, 6) is -0.226. The first kappa shape index (κ1) is 14.0. The lowest BCUT2D eigenvalue weighted by molar-refractivity contribution is 0.102. The second-order valence-corrected chi connectivity index (χ2v) is 4.71. The van der Waals surface area contributed by atoms with Gasteiger partial charge in [0.25, 0.3) is 11.5 Å². The lowest BCUT2D eigenvalue weighted by Crippen LogP contribution is -2.20. The molecule has 2 rings (SSSR count). The van der Waals surface area contributed by atoms with E-state index in [1.807, 2.05) is 6.92 Å². The summed E-state index contributed by atoms with van der Waals surface area (Å²) in [5, 5.41) is 9.57. The number of nitrogens with one attached hydrogen (secondary N) is 2. The van der Waals surface area contributed by atoms with Crippen molar-refractivity contribution in [1.82, 2.24) is 14.8 Å². The summed E-state index contributed by atoms with van der Waals surface area (Å²) in [4.78, 5) is 23.8. The number of aryl methyl sites for hydroxylation is 3. The Morgan fingerprint density at radius 1 is 1.40 bits per heavy atom. The van der Waals surface area contributed by atoms with Crippen LogP contribution in [0.25, 0.3) is 0 Å². The van der Waals surface area contributed by atoms with Crippen molar-refractivity contribution >= 4 is 11.6 Å². The zero-order chi connectivity index (χ0) is 14.7. The molecule has 0 fully saturated rings. The van der Waals surface area contributed by atoms with E-state index in [0.717, 1.165) is 12.1 Å². The number of amides is 1. The van der Waals surface area contributed by atoms with Crippen LogP contribution in [0.15, 0.2) is 23.1 Å². The van der Waals surface area contributed by atoms with Crippen LogP contribution in [-0.2, 0) is 6.54 Å². The van der Waals surface area contributed by atoms with Crippen LogP contribution in [0.1, 0.15) is 35.1 Å². The van der Waals surface area contributed by atoms with Gasteiger partial charge >= 0.3 is 0 Å². The highest BCUT2D eigenvalue weighted by molar-refractivity contribution is 6.05. The third kappa shape index (κ3) is 2.79.